The van der Waals surface area contributed by atoms with E-state index >= 15 is 0 Å². The Labute approximate surface area is 238 Å². The van der Waals surface area contributed by atoms with Gasteiger partial charge in [-0.15, -0.1) is 11.6 Å². The Kier molecular flexibility index (Phi) is 9.79. The van der Waals surface area contributed by atoms with Crippen molar-refractivity contribution in [3.8, 4) is 17.3 Å². The molecule has 3 aromatic heterocycles. The molecule has 0 atom stereocenters. The lowest BCUT2D eigenvalue weighted by Crippen LogP contribution is -2.37. The Hall–Kier alpha value is -3.89. The number of imidazole rings is 1. The molecule has 5 rings (SSSR count). The number of nitrogens with one attached hydrogen (secondary N) is 1. The Morgan fingerprint density at radius 2 is 1.93 bits per heavy atom. The SMILES string of the molecule is CCl.Cc1ccc(Cc2cnc(-c3nc4c(N(C)CCCC=O)cc(N5CCOCC5)cn4c(=O)c3O)[nH]2)cc1. The summed E-state index contributed by atoms with van der Waals surface area (Å²) in [7, 11) is 1.91. The van der Waals surface area contributed by atoms with Crippen molar-refractivity contribution in [2.45, 2.75) is 26.2 Å². The summed E-state index contributed by atoms with van der Waals surface area (Å²) >= 11 is 4.64. The largest absolute Gasteiger partial charge is 0.501 e. The number of carbonyl (C=O) groups excluding carboxylic acids is 1. The molecule has 0 saturated carbocycles. The lowest BCUT2D eigenvalue weighted by molar-refractivity contribution is -0.107. The van der Waals surface area contributed by atoms with Crippen molar-refractivity contribution in [3.05, 3.63) is 69.9 Å². The molecule has 4 aromatic rings. The third-order valence-electron chi connectivity index (χ3n) is 6.84. The number of alkyl halides is 1. The van der Waals surface area contributed by atoms with Gasteiger partial charge in [0.2, 0.25) is 5.75 Å². The fourth-order valence-corrected chi connectivity index (χ4v) is 4.67. The van der Waals surface area contributed by atoms with Crippen LogP contribution in [0.1, 0.15) is 29.7 Å². The summed E-state index contributed by atoms with van der Waals surface area (Å²) in [4.78, 5) is 40.9. The minimum atomic E-state index is -0.570. The maximum absolute atomic E-state index is 13.4. The highest BCUT2D eigenvalue weighted by atomic mass is 35.5. The first-order chi connectivity index (χ1) is 19.4. The van der Waals surface area contributed by atoms with E-state index in [2.05, 4.69) is 50.7 Å². The van der Waals surface area contributed by atoms with Crippen LogP contribution in [0.4, 0.5) is 11.4 Å². The number of pyridine rings is 1. The zero-order chi connectivity index (χ0) is 28.6. The third kappa shape index (κ3) is 6.46. The molecule has 11 heteroatoms. The number of H-pyrrole nitrogens is 1. The summed E-state index contributed by atoms with van der Waals surface area (Å²) in [6.45, 7) is 5.24. The minimum absolute atomic E-state index is 0.104. The van der Waals surface area contributed by atoms with Gasteiger partial charge in [-0.3, -0.25) is 9.20 Å². The number of ether oxygens (including phenoxy) is 1. The number of carbonyl (C=O) groups is 1. The highest BCUT2D eigenvalue weighted by molar-refractivity contribution is 6.15. The molecule has 0 radical (unpaired) electrons. The molecule has 0 amide bonds. The van der Waals surface area contributed by atoms with Crippen LogP contribution in [-0.2, 0) is 16.0 Å². The molecule has 1 aromatic carbocycles. The normalized spacial score (nSPS) is 13.2. The summed E-state index contributed by atoms with van der Waals surface area (Å²) < 4.78 is 6.88. The number of anilines is 2. The monoisotopic (exact) mass is 566 g/mol. The molecule has 0 aliphatic carbocycles. The fraction of sp³-hybridized carbons (Fsp3) is 0.379. The molecule has 2 N–H and O–H groups in total. The first-order valence-electron chi connectivity index (χ1n) is 13.2. The average Bonchev–Trinajstić information content (AvgIpc) is 3.45. The molecule has 1 aliphatic rings. The van der Waals surface area contributed by atoms with Crippen LogP contribution in [0.5, 0.6) is 5.75 Å². The third-order valence-corrected chi connectivity index (χ3v) is 6.84. The van der Waals surface area contributed by atoms with Gasteiger partial charge < -0.3 is 29.4 Å². The van der Waals surface area contributed by atoms with E-state index in [1.165, 1.54) is 16.3 Å². The van der Waals surface area contributed by atoms with Gasteiger partial charge in [-0.2, -0.15) is 0 Å². The lowest BCUT2D eigenvalue weighted by Gasteiger charge is -2.30. The second-order valence-corrected chi connectivity index (χ2v) is 9.64. The van der Waals surface area contributed by atoms with Gasteiger partial charge in [-0.1, -0.05) is 29.8 Å². The van der Waals surface area contributed by atoms with Crippen LogP contribution in [0.15, 0.2) is 47.5 Å². The molecule has 40 heavy (non-hydrogen) atoms. The summed E-state index contributed by atoms with van der Waals surface area (Å²) in [6, 6.07) is 10.2. The summed E-state index contributed by atoms with van der Waals surface area (Å²) in [5.41, 5.74) is 4.66. The summed E-state index contributed by atoms with van der Waals surface area (Å²) in [6.07, 6.45) is 7.54. The molecule has 1 fully saturated rings. The van der Waals surface area contributed by atoms with Gasteiger partial charge >= 0.3 is 5.56 Å². The molecular weight excluding hydrogens is 532 g/mol. The van der Waals surface area contributed by atoms with E-state index in [0.29, 0.717) is 63.6 Å². The number of aryl methyl sites for hydroxylation is 1. The lowest BCUT2D eigenvalue weighted by atomic mass is 10.1. The van der Waals surface area contributed by atoms with Gasteiger partial charge in [0.1, 0.15) is 6.29 Å². The van der Waals surface area contributed by atoms with E-state index in [1.807, 2.05) is 24.9 Å². The number of nitrogens with zero attached hydrogens (tertiary/aromatic N) is 5. The fourth-order valence-electron chi connectivity index (χ4n) is 4.67. The number of hydrogen-bond acceptors (Lipinski definition) is 8. The van der Waals surface area contributed by atoms with Gasteiger partial charge in [0.25, 0.3) is 0 Å². The van der Waals surface area contributed by atoms with E-state index in [9.17, 15) is 14.7 Å². The maximum atomic E-state index is 13.4. The van der Waals surface area contributed by atoms with E-state index in [4.69, 9.17) is 9.72 Å². The molecule has 0 spiro atoms. The molecule has 1 saturated heterocycles. The highest BCUT2D eigenvalue weighted by Gasteiger charge is 2.22. The van der Waals surface area contributed by atoms with Crippen molar-refractivity contribution in [3.63, 3.8) is 0 Å². The van der Waals surface area contributed by atoms with E-state index in [0.717, 1.165) is 28.9 Å². The second-order valence-electron chi connectivity index (χ2n) is 9.64. The molecule has 4 heterocycles. The van der Waals surface area contributed by atoms with Crippen LogP contribution in [0.3, 0.4) is 0 Å². The number of aldehydes is 1. The Morgan fingerprint density at radius 3 is 2.62 bits per heavy atom. The molecule has 10 nitrogen and oxygen atoms in total. The topological polar surface area (TPSA) is 116 Å². The van der Waals surface area contributed by atoms with Gasteiger partial charge in [0, 0.05) is 64.0 Å². The smallest absolute Gasteiger partial charge is 0.300 e. The number of fused-ring (bicyclic) bond motifs is 1. The molecule has 212 valence electrons. The van der Waals surface area contributed by atoms with Crippen molar-refractivity contribution in [2.75, 3.05) is 56.1 Å². The van der Waals surface area contributed by atoms with Crippen molar-refractivity contribution < 1.29 is 14.6 Å². The minimum Gasteiger partial charge on any atom is -0.501 e. The van der Waals surface area contributed by atoms with E-state index in [1.54, 1.807) is 12.4 Å². The van der Waals surface area contributed by atoms with Crippen LogP contribution in [0, 0.1) is 6.92 Å². The van der Waals surface area contributed by atoms with Crippen LogP contribution in [0.2, 0.25) is 0 Å². The summed E-state index contributed by atoms with van der Waals surface area (Å²) in [5, 5.41) is 10.9. The first-order valence-corrected chi connectivity index (χ1v) is 13.9. The number of morpholine rings is 1. The predicted molar refractivity (Wildman–Crippen MR) is 158 cm³/mol. The highest BCUT2D eigenvalue weighted by Crippen LogP contribution is 2.30. The van der Waals surface area contributed by atoms with Crippen molar-refractivity contribution in [1.82, 2.24) is 19.4 Å². The van der Waals surface area contributed by atoms with Gasteiger partial charge in [-0.05, 0) is 25.0 Å². The van der Waals surface area contributed by atoms with Crippen LogP contribution in [-0.4, -0.2) is 77.0 Å². The number of unbranched alkanes of at least 4 members (excludes halogenated alkanes) is 1. The standard InChI is InChI=1S/C28H32N6O4.CH3Cl/c1-19-5-7-20(8-6-19)15-21-17-29-26(30-21)24-25(36)28(37)34-18-22(33-10-13-38-14-11-33)16-23(27(34)31-24)32(2)9-3-4-12-35;1-2/h5-8,12,16-18,36H,3-4,9-11,13-15H2,1-2H3,(H,29,30);1H3. The Bertz CT molecular complexity index is 1500. The van der Waals surface area contributed by atoms with Crippen LogP contribution in [0.25, 0.3) is 17.2 Å². The number of aromatic nitrogens is 4. The number of rotatable bonds is 9. The first kappa shape index (κ1) is 29.1. The number of benzene rings is 1. The maximum Gasteiger partial charge on any atom is 0.300 e. The number of halogens is 1. The molecule has 0 bridgehead atoms. The zero-order valence-corrected chi connectivity index (χ0v) is 23.8. The van der Waals surface area contributed by atoms with Gasteiger partial charge in [0.15, 0.2) is 17.2 Å². The van der Waals surface area contributed by atoms with Crippen molar-refractivity contribution in [1.29, 1.82) is 0 Å². The van der Waals surface area contributed by atoms with E-state index < -0.39 is 11.3 Å². The molecular formula is C29H35ClN6O4. The quantitative estimate of drug-likeness (QED) is 0.179. The number of aromatic amines is 1. The predicted octanol–water partition coefficient (Wildman–Crippen LogP) is 3.80. The Balaban J connectivity index is 0.00000181. The summed E-state index contributed by atoms with van der Waals surface area (Å²) in [5.74, 6) is -0.136. The van der Waals surface area contributed by atoms with Crippen LogP contribution >= 0.6 is 11.6 Å². The number of hydrogen-bond donors (Lipinski definition) is 2. The molecule has 1 aliphatic heterocycles. The Morgan fingerprint density at radius 1 is 1.20 bits per heavy atom. The van der Waals surface area contributed by atoms with E-state index in [-0.39, 0.29) is 5.69 Å². The van der Waals surface area contributed by atoms with Gasteiger partial charge in [0.05, 0.1) is 24.6 Å². The van der Waals surface area contributed by atoms with Crippen LogP contribution < -0.4 is 15.4 Å². The number of aromatic hydroxyl groups is 1. The molecule has 0 unspecified atom stereocenters. The van der Waals surface area contributed by atoms with Gasteiger partial charge in [-0.25, -0.2) is 9.97 Å². The average molecular weight is 567 g/mol. The second kappa shape index (κ2) is 13.5. The van der Waals surface area contributed by atoms with Crippen molar-refractivity contribution in [2.24, 2.45) is 0 Å². The zero-order valence-electron chi connectivity index (χ0n) is 23.1. The van der Waals surface area contributed by atoms with Crippen molar-refractivity contribution >= 4 is 34.9 Å².